The summed E-state index contributed by atoms with van der Waals surface area (Å²) in [4.78, 5) is 12.6. The number of ketones is 1. The van der Waals surface area contributed by atoms with Crippen molar-refractivity contribution >= 4 is 40.0 Å². The molecule has 1 N–H and O–H groups in total. The topological polar surface area (TPSA) is 37.3 Å². The Labute approximate surface area is 169 Å². The molecule has 0 aromatic rings. The smallest absolute Gasteiger partial charge is 0.163 e. The zero-order chi connectivity index (χ0) is 17.8. The van der Waals surface area contributed by atoms with Crippen LogP contribution in [0.25, 0.3) is 0 Å². The van der Waals surface area contributed by atoms with E-state index in [1.165, 1.54) is 24.8 Å². The summed E-state index contributed by atoms with van der Waals surface area (Å²) in [5.41, 5.74) is 1.55. The number of hydrogen-bond donors (Lipinski definition) is 1. The highest BCUT2D eigenvalue weighted by Crippen LogP contribution is 2.62. The molecule has 0 amide bonds. The normalized spacial score (nSPS) is 47.0. The number of carbonyl (C=O) groups excluding carboxylic acids is 1. The highest BCUT2D eigenvalue weighted by Gasteiger charge is 2.56. The predicted octanol–water partition coefficient (Wildman–Crippen LogP) is 5.27. The van der Waals surface area contributed by atoms with E-state index >= 15 is 0 Å². The number of allylic oxidation sites excluding steroid dienone is 3. The maximum absolute atomic E-state index is 12.6. The first-order chi connectivity index (χ1) is 12.0. The Balaban J connectivity index is 1.60. The zero-order valence-electron chi connectivity index (χ0n) is 14.9. The van der Waals surface area contributed by atoms with E-state index in [-0.39, 0.29) is 23.2 Å². The van der Waals surface area contributed by atoms with E-state index in [1.54, 1.807) is 0 Å². The van der Waals surface area contributed by atoms with Crippen LogP contribution in [0.5, 0.6) is 0 Å². The molecule has 4 heteroatoms. The summed E-state index contributed by atoms with van der Waals surface area (Å²) in [5.74, 6) is 3.48. The SMILES string of the molecule is C[C@]12CC[C@H]3[C@@H](CCC4=CC(=O)C(C(I)=CCCl)C[C@@H]43)[C@@H]1CC[C@H]2O. The average molecular weight is 475 g/mol. The van der Waals surface area contributed by atoms with Crippen LogP contribution in [0.2, 0.25) is 0 Å². The van der Waals surface area contributed by atoms with Gasteiger partial charge in [-0.15, -0.1) is 11.6 Å². The molecule has 1 unspecified atom stereocenters. The van der Waals surface area contributed by atoms with Crippen molar-refractivity contribution < 1.29 is 9.90 Å². The van der Waals surface area contributed by atoms with Crippen molar-refractivity contribution in [3.8, 4) is 0 Å². The lowest BCUT2D eigenvalue weighted by molar-refractivity contribution is -0.119. The van der Waals surface area contributed by atoms with Gasteiger partial charge in [-0.25, -0.2) is 0 Å². The fourth-order valence-electron chi connectivity index (χ4n) is 6.62. The summed E-state index contributed by atoms with van der Waals surface area (Å²) in [7, 11) is 0. The van der Waals surface area contributed by atoms with Gasteiger partial charge in [-0.1, -0.05) is 18.6 Å². The van der Waals surface area contributed by atoms with Crippen LogP contribution in [0.3, 0.4) is 0 Å². The van der Waals surface area contributed by atoms with Crippen molar-refractivity contribution in [1.82, 2.24) is 0 Å². The van der Waals surface area contributed by atoms with Gasteiger partial charge in [0.2, 0.25) is 0 Å². The van der Waals surface area contributed by atoms with Crippen LogP contribution >= 0.6 is 34.2 Å². The molecule has 4 aliphatic rings. The van der Waals surface area contributed by atoms with E-state index in [1.807, 2.05) is 12.2 Å². The molecule has 0 spiro atoms. The van der Waals surface area contributed by atoms with Crippen LogP contribution in [-0.2, 0) is 4.79 Å². The Morgan fingerprint density at radius 1 is 1.36 bits per heavy atom. The number of hydrogen-bond acceptors (Lipinski definition) is 2. The molecule has 3 saturated carbocycles. The Hall–Kier alpha value is 0.130. The van der Waals surface area contributed by atoms with Crippen LogP contribution in [0, 0.1) is 35.0 Å². The molecule has 0 bridgehead atoms. The molecule has 0 saturated heterocycles. The molecule has 25 heavy (non-hydrogen) atoms. The van der Waals surface area contributed by atoms with Crippen molar-refractivity contribution in [2.45, 2.75) is 58.0 Å². The molecule has 0 aromatic heterocycles. The lowest BCUT2D eigenvalue weighted by atomic mass is 9.51. The highest BCUT2D eigenvalue weighted by molar-refractivity contribution is 14.1. The van der Waals surface area contributed by atoms with Crippen LogP contribution in [-0.4, -0.2) is 22.9 Å². The number of rotatable bonds is 2. The number of carbonyl (C=O) groups is 1. The predicted molar refractivity (Wildman–Crippen MR) is 110 cm³/mol. The van der Waals surface area contributed by atoms with E-state index in [0.29, 0.717) is 23.6 Å². The summed E-state index contributed by atoms with van der Waals surface area (Å²) < 4.78 is 1.12. The van der Waals surface area contributed by atoms with E-state index in [4.69, 9.17) is 11.6 Å². The Kier molecular flexibility index (Phi) is 5.13. The molecule has 0 aromatic carbocycles. The molecule has 4 aliphatic carbocycles. The van der Waals surface area contributed by atoms with Crippen molar-refractivity contribution in [3.05, 3.63) is 21.3 Å². The Morgan fingerprint density at radius 3 is 2.92 bits per heavy atom. The maximum Gasteiger partial charge on any atom is 0.163 e. The Bertz CT molecular complexity index is 627. The standard InChI is InChI=1S/C21H28ClIO2/c1-21-8-6-13-14(17(21)4-5-20(21)25)3-2-12-10-19(24)16(11-15(12)13)18(23)7-9-22/h7,10,13-17,20,25H,2-6,8-9,11H2,1H3/t13-,14+,15-,16?,17-,20+,21-/m0/s1. The minimum absolute atomic E-state index is 0.0225. The summed E-state index contributed by atoms with van der Waals surface area (Å²) >= 11 is 8.18. The van der Waals surface area contributed by atoms with Crippen LogP contribution < -0.4 is 0 Å². The maximum atomic E-state index is 12.6. The molecule has 2 nitrogen and oxygen atoms in total. The van der Waals surface area contributed by atoms with Gasteiger partial charge in [-0.05, 0) is 106 Å². The van der Waals surface area contributed by atoms with Crippen LogP contribution in [0.15, 0.2) is 21.3 Å². The summed E-state index contributed by atoms with van der Waals surface area (Å²) in [6, 6.07) is 0. The zero-order valence-corrected chi connectivity index (χ0v) is 17.8. The average Bonchev–Trinajstić information content (AvgIpc) is 2.89. The molecular weight excluding hydrogens is 447 g/mol. The third-order valence-corrected chi connectivity index (χ3v) is 9.31. The number of aliphatic hydroxyl groups is 1. The Morgan fingerprint density at radius 2 is 2.16 bits per heavy atom. The van der Waals surface area contributed by atoms with Crippen LogP contribution in [0.4, 0.5) is 0 Å². The molecule has 0 heterocycles. The second-order valence-corrected chi connectivity index (χ2v) is 10.4. The molecule has 0 aliphatic heterocycles. The van der Waals surface area contributed by atoms with Gasteiger partial charge in [0.15, 0.2) is 5.78 Å². The minimum Gasteiger partial charge on any atom is -0.393 e. The lowest BCUT2D eigenvalue weighted by Gasteiger charge is -2.53. The van der Waals surface area contributed by atoms with Gasteiger partial charge < -0.3 is 5.11 Å². The van der Waals surface area contributed by atoms with Gasteiger partial charge >= 0.3 is 0 Å². The summed E-state index contributed by atoms with van der Waals surface area (Å²) in [5, 5.41) is 10.5. The quantitative estimate of drug-likeness (QED) is 0.437. The molecule has 138 valence electrons. The fraction of sp³-hybridized carbons (Fsp3) is 0.762. The van der Waals surface area contributed by atoms with Crippen LogP contribution in [0.1, 0.15) is 51.9 Å². The van der Waals surface area contributed by atoms with E-state index < -0.39 is 0 Å². The van der Waals surface area contributed by atoms with Gasteiger partial charge in [0.25, 0.3) is 0 Å². The second-order valence-electron chi connectivity index (χ2n) is 8.87. The molecule has 7 atom stereocenters. The third-order valence-electron chi connectivity index (χ3n) is 7.97. The monoisotopic (exact) mass is 474 g/mol. The van der Waals surface area contributed by atoms with Gasteiger partial charge in [-0.2, -0.15) is 0 Å². The van der Waals surface area contributed by atoms with Crippen molar-refractivity contribution in [2.24, 2.45) is 35.0 Å². The lowest BCUT2D eigenvalue weighted by Crippen LogP contribution is -2.48. The first kappa shape index (κ1) is 18.5. The summed E-state index contributed by atoms with van der Waals surface area (Å²) in [6.07, 6.45) is 11.7. The van der Waals surface area contributed by atoms with Gasteiger partial charge in [0, 0.05) is 5.88 Å². The van der Waals surface area contributed by atoms with Crippen molar-refractivity contribution in [2.75, 3.05) is 5.88 Å². The molecule has 0 radical (unpaired) electrons. The number of halogens is 2. The van der Waals surface area contributed by atoms with Crippen molar-refractivity contribution in [3.63, 3.8) is 0 Å². The second kappa shape index (κ2) is 6.94. The first-order valence-electron chi connectivity index (χ1n) is 9.79. The summed E-state index contributed by atoms with van der Waals surface area (Å²) in [6.45, 7) is 2.33. The minimum atomic E-state index is -0.108. The largest absolute Gasteiger partial charge is 0.393 e. The first-order valence-corrected chi connectivity index (χ1v) is 11.4. The molecular formula is C21H28ClIO2. The number of fused-ring (bicyclic) bond motifs is 5. The van der Waals surface area contributed by atoms with Gasteiger partial charge in [0.1, 0.15) is 0 Å². The van der Waals surface area contributed by atoms with Gasteiger partial charge in [-0.3, -0.25) is 4.79 Å². The third kappa shape index (κ3) is 2.97. The number of aliphatic hydroxyl groups excluding tert-OH is 1. The van der Waals surface area contributed by atoms with Gasteiger partial charge in [0.05, 0.1) is 12.0 Å². The van der Waals surface area contributed by atoms with E-state index in [2.05, 4.69) is 29.5 Å². The fourth-order valence-corrected chi connectivity index (χ4v) is 7.83. The van der Waals surface area contributed by atoms with Crippen molar-refractivity contribution in [1.29, 1.82) is 0 Å². The molecule has 3 fully saturated rings. The van der Waals surface area contributed by atoms with E-state index in [0.717, 1.165) is 35.2 Å². The number of alkyl halides is 1. The van der Waals surface area contributed by atoms with E-state index in [9.17, 15) is 9.90 Å². The molecule has 4 rings (SSSR count). The highest BCUT2D eigenvalue weighted by atomic mass is 127.